The SMILES string of the molecule is CC(C)S(=O)(=O)c1ccc(N2CCOCC2)cc1NN=C(C#N)C#N. The number of nitrogens with zero attached hydrogens (tertiary/aromatic N) is 4. The molecule has 1 fully saturated rings. The molecule has 0 aliphatic carbocycles. The highest BCUT2D eigenvalue weighted by molar-refractivity contribution is 7.92. The average molecular weight is 361 g/mol. The first-order valence-corrected chi connectivity index (χ1v) is 9.29. The molecule has 1 aromatic carbocycles. The lowest BCUT2D eigenvalue weighted by Crippen LogP contribution is -2.36. The van der Waals surface area contributed by atoms with Gasteiger partial charge in [0.2, 0.25) is 5.71 Å². The maximum absolute atomic E-state index is 12.6. The third-order valence-electron chi connectivity index (χ3n) is 3.77. The van der Waals surface area contributed by atoms with Crippen LogP contribution in [-0.2, 0) is 14.6 Å². The number of hydrogen-bond donors (Lipinski definition) is 1. The maximum Gasteiger partial charge on any atom is 0.237 e. The van der Waals surface area contributed by atoms with Gasteiger partial charge in [-0.1, -0.05) is 0 Å². The van der Waals surface area contributed by atoms with Crippen molar-refractivity contribution in [2.45, 2.75) is 24.0 Å². The Morgan fingerprint density at radius 1 is 1.28 bits per heavy atom. The minimum absolute atomic E-state index is 0.0819. The van der Waals surface area contributed by atoms with Gasteiger partial charge in [-0.05, 0) is 32.0 Å². The van der Waals surface area contributed by atoms with Crippen LogP contribution < -0.4 is 10.3 Å². The van der Waals surface area contributed by atoms with E-state index in [2.05, 4.69) is 15.4 Å². The molecule has 1 heterocycles. The summed E-state index contributed by atoms with van der Waals surface area (Å²) in [7, 11) is -3.56. The first-order chi connectivity index (χ1) is 11.9. The highest BCUT2D eigenvalue weighted by Crippen LogP contribution is 2.30. The zero-order valence-corrected chi connectivity index (χ0v) is 14.9. The van der Waals surface area contributed by atoms with Crippen LogP contribution in [0.15, 0.2) is 28.2 Å². The Morgan fingerprint density at radius 3 is 2.48 bits per heavy atom. The van der Waals surface area contributed by atoms with E-state index >= 15 is 0 Å². The Balaban J connectivity index is 2.47. The highest BCUT2D eigenvalue weighted by Gasteiger charge is 2.24. The molecule has 1 aliphatic heterocycles. The largest absolute Gasteiger partial charge is 0.378 e. The Hall–Kier alpha value is -2.62. The van der Waals surface area contributed by atoms with Crippen LogP contribution in [0.2, 0.25) is 0 Å². The monoisotopic (exact) mass is 361 g/mol. The number of nitriles is 2. The lowest BCUT2D eigenvalue weighted by atomic mass is 10.2. The van der Waals surface area contributed by atoms with Crippen molar-refractivity contribution in [3.63, 3.8) is 0 Å². The Morgan fingerprint density at radius 2 is 1.92 bits per heavy atom. The van der Waals surface area contributed by atoms with Crippen molar-refractivity contribution in [1.29, 1.82) is 10.5 Å². The summed E-state index contributed by atoms with van der Waals surface area (Å²) in [4.78, 5) is 2.15. The number of morpholine rings is 1. The van der Waals surface area contributed by atoms with E-state index in [0.29, 0.717) is 26.3 Å². The summed E-state index contributed by atoms with van der Waals surface area (Å²) in [5.41, 5.74) is 3.23. The molecule has 9 heteroatoms. The van der Waals surface area contributed by atoms with E-state index < -0.39 is 15.1 Å². The van der Waals surface area contributed by atoms with E-state index in [-0.39, 0.29) is 16.3 Å². The lowest BCUT2D eigenvalue weighted by Gasteiger charge is -2.29. The summed E-state index contributed by atoms with van der Waals surface area (Å²) in [6.07, 6.45) is 0. The van der Waals surface area contributed by atoms with Crippen LogP contribution in [0.4, 0.5) is 11.4 Å². The molecule has 0 aromatic heterocycles. The quantitative estimate of drug-likeness (QED) is 0.624. The zero-order valence-electron chi connectivity index (χ0n) is 14.1. The van der Waals surface area contributed by atoms with E-state index in [0.717, 1.165) is 5.69 Å². The maximum atomic E-state index is 12.6. The fourth-order valence-corrected chi connectivity index (χ4v) is 3.49. The smallest absolute Gasteiger partial charge is 0.237 e. The molecule has 25 heavy (non-hydrogen) atoms. The summed E-state index contributed by atoms with van der Waals surface area (Å²) in [6, 6.07) is 8.19. The number of anilines is 2. The summed E-state index contributed by atoms with van der Waals surface area (Å²) < 4.78 is 30.5. The first kappa shape index (κ1) is 18.7. The zero-order chi connectivity index (χ0) is 18.4. The number of sulfone groups is 1. The fourth-order valence-electron chi connectivity index (χ4n) is 2.32. The van der Waals surface area contributed by atoms with E-state index in [1.54, 1.807) is 38.1 Å². The molecule has 0 unspecified atom stereocenters. The Labute approximate surface area is 147 Å². The molecule has 1 aliphatic rings. The van der Waals surface area contributed by atoms with Gasteiger partial charge in [-0.15, -0.1) is 0 Å². The molecule has 1 N–H and O–H groups in total. The van der Waals surface area contributed by atoms with Crippen LogP contribution in [0.3, 0.4) is 0 Å². The van der Waals surface area contributed by atoms with Gasteiger partial charge in [-0.25, -0.2) is 8.42 Å². The van der Waals surface area contributed by atoms with Crippen molar-refractivity contribution in [1.82, 2.24) is 0 Å². The molecule has 2 rings (SSSR count). The van der Waals surface area contributed by atoms with Gasteiger partial charge in [-0.2, -0.15) is 15.6 Å². The molecule has 0 amide bonds. The van der Waals surface area contributed by atoms with Crippen LogP contribution in [0, 0.1) is 22.7 Å². The predicted octanol–water partition coefficient (Wildman–Crippen LogP) is 1.52. The van der Waals surface area contributed by atoms with Gasteiger partial charge in [0.25, 0.3) is 0 Å². The van der Waals surface area contributed by atoms with Gasteiger partial charge in [0.15, 0.2) is 9.84 Å². The standard InChI is InChI=1S/C16H19N5O3S/c1-12(2)25(22,23)16-4-3-14(21-5-7-24-8-6-21)9-15(16)20-19-13(10-17)11-18/h3-4,9,12,20H,5-8H2,1-2H3. The Bertz CT molecular complexity index is 828. The molecule has 0 atom stereocenters. The molecule has 8 nitrogen and oxygen atoms in total. The van der Waals surface area contributed by atoms with Gasteiger partial charge >= 0.3 is 0 Å². The van der Waals surface area contributed by atoms with Crippen LogP contribution in [0.5, 0.6) is 0 Å². The minimum Gasteiger partial charge on any atom is -0.378 e. The lowest BCUT2D eigenvalue weighted by molar-refractivity contribution is 0.122. The Kier molecular flexibility index (Phi) is 5.97. The number of rotatable bonds is 5. The van der Waals surface area contributed by atoms with Gasteiger partial charge in [0.05, 0.1) is 29.0 Å². The van der Waals surface area contributed by atoms with E-state index in [4.69, 9.17) is 15.3 Å². The second kappa shape index (κ2) is 7.97. The summed E-state index contributed by atoms with van der Waals surface area (Å²) in [6.45, 7) is 5.77. The van der Waals surface area contributed by atoms with Crippen molar-refractivity contribution >= 4 is 26.9 Å². The summed E-state index contributed by atoms with van der Waals surface area (Å²) in [5, 5.41) is 20.7. The molecule has 1 saturated heterocycles. The normalized spacial score (nSPS) is 14.5. The number of benzene rings is 1. The molecule has 0 saturated carbocycles. The van der Waals surface area contributed by atoms with E-state index in [1.807, 2.05) is 0 Å². The van der Waals surface area contributed by atoms with Crippen LogP contribution in [-0.4, -0.2) is 45.7 Å². The third kappa shape index (κ3) is 4.27. The molecular weight excluding hydrogens is 342 g/mol. The molecular formula is C16H19N5O3S. The molecule has 132 valence electrons. The second-order valence-electron chi connectivity index (χ2n) is 5.67. The molecule has 1 aromatic rings. The van der Waals surface area contributed by atoms with Crippen LogP contribution in [0.1, 0.15) is 13.8 Å². The molecule has 0 bridgehead atoms. The molecule has 0 spiro atoms. The van der Waals surface area contributed by atoms with Crippen molar-refractivity contribution in [3.8, 4) is 12.1 Å². The predicted molar refractivity (Wildman–Crippen MR) is 94.1 cm³/mol. The average Bonchev–Trinajstić information content (AvgIpc) is 2.63. The van der Waals surface area contributed by atoms with Crippen molar-refractivity contribution in [2.75, 3.05) is 36.6 Å². The summed E-state index contributed by atoms with van der Waals surface area (Å²) in [5.74, 6) is 0. The van der Waals surface area contributed by atoms with E-state index in [9.17, 15) is 8.42 Å². The van der Waals surface area contributed by atoms with E-state index in [1.165, 1.54) is 6.07 Å². The first-order valence-electron chi connectivity index (χ1n) is 7.74. The fraction of sp³-hybridized carbons (Fsp3) is 0.438. The van der Waals surface area contributed by atoms with Gasteiger partial charge < -0.3 is 9.64 Å². The number of ether oxygens (including phenoxy) is 1. The van der Waals surface area contributed by atoms with Gasteiger partial charge in [0, 0.05) is 18.8 Å². The van der Waals surface area contributed by atoms with Crippen molar-refractivity contribution in [2.24, 2.45) is 5.10 Å². The second-order valence-corrected chi connectivity index (χ2v) is 8.14. The van der Waals surface area contributed by atoms with Crippen LogP contribution >= 0.6 is 0 Å². The molecule has 0 radical (unpaired) electrons. The van der Waals surface area contributed by atoms with Crippen molar-refractivity contribution in [3.05, 3.63) is 18.2 Å². The van der Waals surface area contributed by atoms with Crippen molar-refractivity contribution < 1.29 is 13.2 Å². The van der Waals surface area contributed by atoms with Crippen LogP contribution in [0.25, 0.3) is 0 Å². The summed E-state index contributed by atoms with van der Waals surface area (Å²) >= 11 is 0. The number of hydrogen-bond acceptors (Lipinski definition) is 8. The van der Waals surface area contributed by atoms with Gasteiger partial charge in [0.1, 0.15) is 12.1 Å². The number of hydrazone groups is 1. The highest BCUT2D eigenvalue weighted by atomic mass is 32.2. The third-order valence-corrected chi connectivity index (χ3v) is 5.98. The minimum atomic E-state index is -3.56. The topological polar surface area (TPSA) is 119 Å². The number of nitrogens with one attached hydrogen (secondary N) is 1. The van der Waals surface area contributed by atoms with Gasteiger partial charge in [-0.3, -0.25) is 5.43 Å².